The number of amides is 2. The number of benzene rings is 3. The highest BCUT2D eigenvalue weighted by Crippen LogP contribution is 2.32. The van der Waals surface area contributed by atoms with Crippen LogP contribution in [0.2, 0.25) is 20.1 Å². The van der Waals surface area contributed by atoms with Gasteiger partial charge in [-0.2, -0.15) is 0 Å². The van der Waals surface area contributed by atoms with Gasteiger partial charge in [-0.15, -0.1) is 0 Å². The van der Waals surface area contributed by atoms with Gasteiger partial charge in [-0.3, -0.25) is 13.9 Å². The molecule has 2 amide bonds. The van der Waals surface area contributed by atoms with E-state index in [0.717, 1.165) is 42.0 Å². The minimum absolute atomic E-state index is 0.0122. The zero-order chi connectivity index (χ0) is 32.0. The minimum Gasteiger partial charge on any atom is -0.352 e. The number of halogens is 4. The molecule has 0 aliphatic heterocycles. The fourth-order valence-electron chi connectivity index (χ4n) is 5.37. The van der Waals surface area contributed by atoms with Crippen LogP contribution < -0.4 is 9.62 Å². The second-order valence-electron chi connectivity index (χ2n) is 10.9. The van der Waals surface area contributed by atoms with Crippen molar-refractivity contribution in [1.29, 1.82) is 0 Å². The average molecular weight is 700 g/mol. The Labute approximate surface area is 279 Å². The van der Waals surface area contributed by atoms with Gasteiger partial charge in [-0.05, 0) is 68.7 Å². The molecule has 0 radical (unpaired) electrons. The highest BCUT2D eigenvalue weighted by molar-refractivity contribution is 7.92. The first-order valence-electron chi connectivity index (χ1n) is 14.5. The van der Waals surface area contributed by atoms with Crippen molar-refractivity contribution in [3.63, 3.8) is 0 Å². The number of carbonyl (C=O) groups is 2. The molecule has 0 spiro atoms. The molecule has 1 saturated carbocycles. The highest BCUT2D eigenvalue weighted by atomic mass is 35.5. The normalized spacial score (nSPS) is 14.6. The molecule has 0 aromatic heterocycles. The summed E-state index contributed by atoms with van der Waals surface area (Å²) in [6, 6.07) is 14.7. The number of anilines is 1. The maximum absolute atomic E-state index is 14.3. The number of nitrogens with one attached hydrogen (secondary N) is 1. The SMILES string of the molecule is CCC(C(=O)NC1CCCCC1)N(Cc1c(Cl)cccc1Cl)C(=O)CN(c1cc(Cl)cc(Cl)c1)S(=O)(=O)c1ccc(C)cc1. The summed E-state index contributed by atoms with van der Waals surface area (Å²) < 4.78 is 29.1. The van der Waals surface area contributed by atoms with E-state index in [1.165, 1.54) is 35.2 Å². The van der Waals surface area contributed by atoms with Gasteiger partial charge in [0.15, 0.2) is 0 Å². The van der Waals surface area contributed by atoms with E-state index in [4.69, 9.17) is 46.4 Å². The van der Waals surface area contributed by atoms with Gasteiger partial charge >= 0.3 is 0 Å². The van der Waals surface area contributed by atoms with E-state index in [9.17, 15) is 18.0 Å². The fourth-order valence-corrected chi connectivity index (χ4v) is 7.80. The van der Waals surface area contributed by atoms with Crippen LogP contribution in [0, 0.1) is 6.92 Å². The summed E-state index contributed by atoms with van der Waals surface area (Å²) in [5.41, 5.74) is 1.42. The molecule has 1 unspecified atom stereocenters. The van der Waals surface area contributed by atoms with Crippen LogP contribution in [0.25, 0.3) is 0 Å². The zero-order valence-corrected chi connectivity index (χ0v) is 28.4. The Morgan fingerprint density at radius 3 is 2.07 bits per heavy atom. The lowest BCUT2D eigenvalue weighted by Crippen LogP contribution is -2.54. The monoisotopic (exact) mass is 697 g/mol. The van der Waals surface area contributed by atoms with Crippen molar-refractivity contribution < 1.29 is 18.0 Å². The van der Waals surface area contributed by atoms with Crippen LogP contribution >= 0.6 is 46.4 Å². The van der Waals surface area contributed by atoms with Gasteiger partial charge in [-0.1, -0.05) is 96.4 Å². The third kappa shape index (κ3) is 8.40. The molecule has 1 aliphatic rings. The summed E-state index contributed by atoms with van der Waals surface area (Å²) in [5.74, 6) is -0.937. The fraction of sp³-hybridized carbons (Fsp3) is 0.375. The molecule has 4 rings (SSSR count). The molecule has 236 valence electrons. The van der Waals surface area contributed by atoms with Crippen LogP contribution in [0.3, 0.4) is 0 Å². The first-order chi connectivity index (χ1) is 20.9. The Morgan fingerprint density at radius 1 is 0.909 bits per heavy atom. The first kappa shape index (κ1) is 34.4. The molecule has 0 saturated heterocycles. The molecule has 44 heavy (non-hydrogen) atoms. The molecule has 3 aromatic rings. The third-order valence-corrected chi connectivity index (χ3v) is 10.7. The number of rotatable bonds is 11. The Kier molecular flexibility index (Phi) is 11.9. The molecule has 3 aromatic carbocycles. The maximum Gasteiger partial charge on any atom is 0.264 e. The van der Waals surface area contributed by atoms with Gasteiger partial charge in [0.25, 0.3) is 10.0 Å². The van der Waals surface area contributed by atoms with Gasteiger partial charge < -0.3 is 10.2 Å². The molecule has 1 N–H and O–H groups in total. The van der Waals surface area contributed by atoms with E-state index >= 15 is 0 Å². The van der Waals surface area contributed by atoms with E-state index in [1.807, 2.05) is 6.92 Å². The molecule has 1 fully saturated rings. The van der Waals surface area contributed by atoms with Crippen LogP contribution in [0.4, 0.5) is 5.69 Å². The molecule has 12 heteroatoms. The van der Waals surface area contributed by atoms with Crippen molar-refractivity contribution >= 4 is 73.9 Å². The van der Waals surface area contributed by atoms with Gasteiger partial charge in [0, 0.05) is 38.2 Å². The summed E-state index contributed by atoms with van der Waals surface area (Å²) in [4.78, 5) is 29.4. The lowest BCUT2D eigenvalue weighted by molar-refractivity contribution is -0.140. The van der Waals surface area contributed by atoms with Gasteiger partial charge in [-0.25, -0.2) is 8.42 Å². The molecule has 0 heterocycles. The van der Waals surface area contributed by atoms with Crippen molar-refractivity contribution in [2.24, 2.45) is 0 Å². The predicted molar refractivity (Wildman–Crippen MR) is 178 cm³/mol. The molecule has 0 bridgehead atoms. The molecule has 1 atom stereocenters. The van der Waals surface area contributed by atoms with E-state index in [0.29, 0.717) is 15.6 Å². The van der Waals surface area contributed by atoms with E-state index in [1.54, 1.807) is 37.3 Å². The summed E-state index contributed by atoms with van der Waals surface area (Å²) >= 11 is 25.6. The predicted octanol–water partition coefficient (Wildman–Crippen LogP) is 8.06. The second-order valence-corrected chi connectivity index (χ2v) is 14.5. The van der Waals surface area contributed by atoms with Crippen molar-refractivity contribution in [3.05, 3.63) is 91.9 Å². The zero-order valence-electron chi connectivity index (χ0n) is 24.5. The molecular formula is C32H35Cl4N3O4S. The smallest absolute Gasteiger partial charge is 0.264 e. The van der Waals surface area contributed by atoms with Crippen molar-refractivity contribution in [1.82, 2.24) is 10.2 Å². The van der Waals surface area contributed by atoms with Gasteiger partial charge in [0.1, 0.15) is 12.6 Å². The summed E-state index contributed by atoms with van der Waals surface area (Å²) in [6.45, 7) is 2.90. The average Bonchev–Trinajstić information content (AvgIpc) is 2.97. The first-order valence-corrected chi connectivity index (χ1v) is 17.4. The van der Waals surface area contributed by atoms with Gasteiger partial charge in [0.05, 0.1) is 10.6 Å². The lowest BCUT2D eigenvalue weighted by atomic mass is 9.95. The quantitative estimate of drug-likeness (QED) is 0.220. The number of hydrogen-bond acceptors (Lipinski definition) is 4. The Bertz CT molecular complexity index is 1550. The molecular weight excluding hydrogens is 664 g/mol. The lowest BCUT2D eigenvalue weighted by Gasteiger charge is -2.35. The van der Waals surface area contributed by atoms with E-state index in [-0.39, 0.29) is 45.5 Å². The highest BCUT2D eigenvalue weighted by Gasteiger charge is 2.35. The molecule has 1 aliphatic carbocycles. The van der Waals surface area contributed by atoms with Crippen LogP contribution in [-0.4, -0.2) is 43.8 Å². The third-order valence-electron chi connectivity index (χ3n) is 7.75. The maximum atomic E-state index is 14.3. The van der Waals surface area contributed by atoms with Crippen molar-refractivity contribution in [3.8, 4) is 0 Å². The number of nitrogens with zero attached hydrogens (tertiary/aromatic N) is 2. The Hall–Kier alpha value is -2.49. The summed E-state index contributed by atoms with van der Waals surface area (Å²) in [7, 11) is -4.28. The van der Waals surface area contributed by atoms with Crippen LogP contribution in [0.1, 0.15) is 56.6 Å². The Balaban J connectivity index is 1.76. The van der Waals surface area contributed by atoms with E-state index < -0.39 is 28.5 Å². The van der Waals surface area contributed by atoms with Crippen LogP contribution in [0.5, 0.6) is 0 Å². The number of aryl methyl sites for hydroxylation is 1. The number of hydrogen-bond donors (Lipinski definition) is 1. The van der Waals surface area contributed by atoms with Crippen molar-refractivity contribution in [2.45, 2.75) is 75.9 Å². The van der Waals surface area contributed by atoms with Crippen LogP contribution in [-0.2, 0) is 26.2 Å². The molecule has 7 nitrogen and oxygen atoms in total. The van der Waals surface area contributed by atoms with Gasteiger partial charge in [0.2, 0.25) is 11.8 Å². The number of carbonyl (C=O) groups excluding carboxylic acids is 2. The van der Waals surface area contributed by atoms with E-state index in [2.05, 4.69) is 5.32 Å². The van der Waals surface area contributed by atoms with Crippen LogP contribution in [0.15, 0.2) is 65.6 Å². The standard InChI is InChI=1S/C32H35Cl4N3O4S/c1-3-30(32(41)37-24-8-5-4-6-9-24)38(19-27-28(35)10-7-11-29(27)36)31(40)20-39(25-17-22(33)16-23(34)18-25)44(42,43)26-14-12-21(2)13-15-26/h7,10-18,24,30H,3-6,8-9,19-20H2,1-2H3,(H,37,41). The summed E-state index contributed by atoms with van der Waals surface area (Å²) in [5, 5.41) is 4.15. The number of sulfonamides is 1. The largest absolute Gasteiger partial charge is 0.352 e. The Morgan fingerprint density at radius 2 is 1.50 bits per heavy atom. The summed E-state index contributed by atoms with van der Waals surface area (Å²) in [6.07, 6.45) is 5.18. The second kappa shape index (κ2) is 15.2. The topological polar surface area (TPSA) is 86.8 Å². The minimum atomic E-state index is -4.28. The van der Waals surface area contributed by atoms with Crippen molar-refractivity contribution in [2.75, 3.05) is 10.8 Å².